The highest BCUT2D eigenvalue weighted by atomic mass is 16.3. The van der Waals surface area contributed by atoms with Gasteiger partial charge in [0.2, 0.25) is 0 Å². The summed E-state index contributed by atoms with van der Waals surface area (Å²) in [5.41, 5.74) is 1.33. The molecule has 0 amide bonds. The Hall–Kier alpha value is -0.760. The molecule has 1 N–H and O–H groups in total. The predicted molar refractivity (Wildman–Crippen MR) is 80.4 cm³/mol. The first-order valence-corrected chi connectivity index (χ1v) is 7.94. The van der Waals surface area contributed by atoms with E-state index in [0.29, 0.717) is 12.1 Å². The van der Waals surface area contributed by atoms with Crippen LogP contribution in [0.4, 0.5) is 0 Å². The fraction of sp³-hybridized carbons (Fsp3) is 0.765. The average Bonchev–Trinajstić information content (AvgIpc) is 2.76. The van der Waals surface area contributed by atoms with Crippen molar-refractivity contribution < 1.29 is 4.42 Å². The van der Waals surface area contributed by atoms with Crippen molar-refractivity contribution in [1.29, 1.82) is 0 Å². The van der Waals surface area contributed by atoms with E-state index in [4.69, 9.17) is 4.42 Å². The van der Waals surface area contributed by atoms with Crippen LogP contribution in [0.3, 0.4) is 0 Å². The third-order valence-electron chi connectivity index (χ3n) is 4.67. The van der Waals surface area contributed by atoms with Crippen molar-refractivity contribution in [3.63, 3.8) is 0 Å². The van der Waals surface area contributed by atoms with E-state index in [1.807, 2.05) is 6.92 Å². The van der Waals surface area contributed by atoms with E-state index >= 15 is 0 Å². The van der Waals surface area contributed by atoms with Gasteiger partial charge in [0.15, 0.2) is 0 Å². The van der Waals surface area contributed by atoms with Gasteiger partial charge in [-0.3, -0.25) is 0 Å². The molecule has 1 fully saturated rings. The Labute approximate surface area is 118 Å². The van der Waals surface area contributed by atoms with Crippen LogP contribution in [-0.2, 0) is 0 Å². The minimum atomic E-state index is 0.393. The van der Waals surface area contributed by atoms with Crippen LogP contribution in [0.15, 0.2) is 10.5 Å². The quantitative estimate of drug-likeness (QED) is 0.817. The van der Waals surface area contributed by atoms with E-state index in [1.54, 1.807) is 0 Å². The Balaban J connectivity index is 1.99. The summed E-state index contributed by atoms with van der Waals surface area (Å²) in [5, 5.41) is 3.85. The molecule has 2 atom stereocenters. The number of rotatable bonds is 5. The van der Waals surface area contributed by atoms with Crippen LogP contribution >= 0.6 is 0 Å². The van der Waals surface area contributed by atoms with Crippen molar-refractivity contribution in [1.82, 2.24) is 5.32 Å². The second-order valence-electron chi connectivity index (χ2n) is 6.17. The monoisotopic (exact) mass is 263 g/mol. The minimum Gasteiger partial charge on any atom is -0.466 e. The zero-order valence-electron chi connectivity index (χ0n) is 13.0. The lowest BCUT2D eigenvalue weighted by Crippen LogP contribution is -2.38. The van der Waals surface area contributed by atoms with E-state index in [9.17, 15) is 0 Å². The van der Waals surface area contributed by atoms with Gasteiger partial charge in [-0.25, -0.2) is 0 Å². The third kappa shape index (κ3) is 3.62. The third-order valence-corrected chi connectivity index (χ3v) is 4.67. The highest BCUT2D eigenvalue weighted by Gasteiger charge is 2.24. The fourth-order valence-electron chi connectivity index (χ4n) is 3.62. The van der Waals surface area contributed by atoms with Crippen molar-refractivity contribution in [2.45, 2.75) is 78.3 Å². The first-order valence-electron chi connectivity index (χ1n) is 7.94. The lowest BCUT2D eigenvalue weighted by Gasteiger charge is -2.32. The first kappa shape index (κ1) is 14.6. The summed E-state index contributed by atoms with van der Waals surface area (Å²) < 4.78 is 5.66. The zero-order chi connectivity index (χ0) is 13.8. The number of furan rings is 1. The molecule has 0 spiro atoms. The van der Waals surface area contributed by atoms with Gasteiger partial charge in [0.05, 0.1) is 0 Å². The topological polar surface area (TPSA) is 25.2 Å². The van der Waals surface area contributed by atoms with Crippen LogP contribution in [-0.4, -0.2) is 6.04 Å². The molecule has 1 aliphatic carbocycles. The van der Waals surface area contributed by atoms with Crippen LogP contribution in [0.2, 0.25) is 0 Å². The van der Waals surface area contributed by atoms with Crippen LogP contribution < -0.4 is 5.32 Å². The molecule has 2 heteroatoms. The van der Waals surface area contributed by atoms with Gasteiger partial charge in [0.1, 0.15) is 11.5 Å². The second-order valence-corrected chi connectivity index (χ2v) is 6.17. The first-order chi connectivity index (χ1) is 9.11. The molecular weight excluding hydrogens is 234 g/mol. The summed E-state index contributed by atoms with van der Waals surface area (Å²) in [6, 6.07) is 3.23. The molecule has 2 unspecified atom stereocenters. The van der Waals surface area contributed by atoms with Crippen molar-refractivity contribution >= 4 is 0 Å². The van der Waals surface area contributed by atoms with Crippen molar-refractivity contribution in [3.8, 4) is 0 Å². The van der Waals surface area contributed by atoms with E-state index in [-0.39, 0.29) is 0 Å². The molecule has 1 aromatic rings. The fourth-order valence-corrected chi connectivity index (χ4v) is 3.62. The van der Waals surface area contributed by atoms with Gasteiger partial charge in [-0.1, -0.05) is 26.2 Å². The molecule has 2 nitrogen and oxygen atoms in total. The number of hydrogen-bond acceptors (Lipinski definition) is 2. The van der Waals surface area contributed by atoms with Gasteiger partial charge in [-0.15, -0.1) is 0 Å². The zero-order valence-corrected chi connectivity index (χ0v) is 13.0. The summed E-state index contributed by atoms with van der Waals surface area (Å²) >= 11 is 0. The number of hydrogen-bond donors (Lipinski definition) is 1. The van der Waals surface area contributed by atoms with Gasteiger partial charge in [-0.05, 0) is 52.0 Å². The summed E-state index contributed by atoms with van der Waals surface area (Å²) in [6.45, 7) is 8.68. The normalized spacial score (nSPS) is 20.4. The van der Waals surface area contributed by atoms with Crippen molar-refractivity contribution in [3.05, 3.63) is 23.2 Å². The molecule has 19 heavy (non-hydrogen) atoms. The summed E-state index contributed by atoms with van der Waals surface area (Å²) in [4.78, 5) is 0. The van der Waals surface area contributed by atoms with E-state index in [0.717, 1.165) is 17.4 Å². The Morgan fingerprint density at radius 1 is 1.26 bits per heavy atom. The van der Waals surface area contributed by atoms with Crippen LogP contribution in [0.5, 0.6) is 0 Å². The van der Waals surface area contributed by atoms with Gasteiger partial charge in [0, 0.05) is 17.6 Å². The number of aryl methyl sites for hydroxylation is 2. The Kier molecular flexibility index (Phi) is 5.09. The van der Waals surface area contributed by atoms with Crippen LogP contribution in [0.1, 0.15) is 75.5 Å². The molecule has 1 aromatic heterocycles. The van der Waals surface area contributed by atoms with Crippen molar-refractivity contribution in [2.24, 2.45) is 5.92 Å². The summed E-state index contributed by atoms with van der Waals surface area (Å²) in [7, 11) is 0. The van der Waals surface area contributed by atoms with Crippen LogP contribution in [0.25, 0.3) is 0 Å². The Morgan fingerprint density at radius 2 is 1.95 bits per heavy atom. The van der Waals surface area contributed by atoms with Gasteiger partial charge in [0.25, 0.3) is 0 Å². The standard InChI is InChI=1S/C17H29NO/c1-5-17(15-9-7-6-8-10-15)18-13(3)16-11-12(2)19-14(16)4/h11,13,15,17-18H,5-10H2,1-4H3. The molecular formula is C17H29NO. The highest BCUT2D eigenvalue weighted by Crippen LogP contribution is 2.30. The Morgan fingerprint density at radius 3 is 2.47 bits per heavy atom. The van der Waals surface area contributed by atoms with Crippen molar-refractivity contribution in [2.75, 3.05) is 0 Å². The van der Waals surface area contributed by atoms with Crippen LogP contribution in [0, 0.1) is 19.8 Å². The maximum Gasteiger partial charge on any atom is 0.105 e. The molecule has 0 aliphatic heterocycles. The van der Waals surface area contributed by atoms with Gasteiger partial charge >= 0.3 is 0 Å². The maximum absolute atomic E-state index is 5.66. The molecule has 0 radical (unpaired) electrons. The minimum absolute atomic E-state index is 0.393. The maximum atomic E-state index is 5.66. The molecule has 1 heterocycles. The molecule has 2 rings (SSSR count). The molecule has 0 bridgehead atoms. The van der Waals surface area contributed by atoms with E-state index in [2.05, 4.69) is 32.2 Å². The van der Waals surface area contributed by atoms with Gasteiger partial charge in [-0.2, -0.15) is 0 Å². The summed E-state index contributed by atoms with van der Waals surface area (Å²) in [5.74, 6) is 2.96. The molecule has 0 saturated heterocycles. The molecule has 0 aromatic carbocycles. The van der Waals surface area contributed by atoms with Gasteiger partial charge < -0.3 is 9.73 Å². The predicted octanol–water partition coefficient (Wildman–Crippen LogP) is 4.91. The lowest BCUT2D eigenvalue weighted by atomic mass is 9.82. The Bertz CT molecular complexity index is 390. The molecule has 108 valence electrons. The lowest BCUT2D eigenvalue weighted by molar-refractivity contribution is 0.249. The highest BCUT2D eigenvalue weighted by molar-refractivity contribution is 5.23. The molecule has 1 saturated carbocycles. The molecule has 1 aliphatic rings. The smallest absolute Gasteiger partial charge is 0.105 e. The van der Waals surface area contributed by atoms with E-state index < -0.39 is 0 Å². The summed E-state index contributed by atoms with van der Waals surface area (Å²) in [6.07, 6.45) is 8.30. The average molecular weight is 263 g/mol. The number of nitrogens with one attached hydrogen (secondary N) is 1. The largest absolute Gasteiger partial charge is 0.466 e. The van der Waals surface area contributed by atoms with E-state index in [1.165, 1.54) is 44.1 Å². The second kappa shape index (κ2) is 6.60. The SMILES string of the molecule is CCC(NC(C)c1cc(C)oc1C)C1CCCCC1.